The molecule has 1 fully saturated rings. The zero-order chi connectivity index (χ0) is 15.2. The Bertz CT molecular complexity index is 491. The number of benzene rings is 1. The van der Waals surface area contributed by atoms with Crippen molar-refractivity contribution in [3.05, 3.63) is 28.8 Å². The molecule has 4 nitrogen and oxygen atoms in total. The second kappa shape index (κ2) is 7.66. The highest BCUT2D eigenvalue weighted by Gasteiger charge is 2.23. The number of nitrogens with zero attached hydrogens (tertiary/aromatic N) is 1. The van der Waals surface area contributed by atoms with Crippen LogP contribution < -0.4 is 10.1 Å². The van der Waals surface area contributed by atoms with Crippen LogP contribution in [-0.2, 0) is 11.2 Å². The number of methoxy groups -OCH3 is 1. The Morgan fingerprint density at radius 3 is 3.00 bits per heavy atom. The molecular formula is C16H23ClN2O2. The average Bonchev–Trinajstić information content (AvgIpc) is 2.50. The Labute approximate surface area is 131 Å². The Hall–Kier alpha value is -1.26. The summed E-state index contributed by atoms with van der Waals surface area (Å²) in [4.78, 5) is 14.4. The number of carbonyl (C=O) groups excluding carboxylic acids is 1. The summed E-state index contributed by atoms with van der Waals surface area (Å²) in [7, 11) is 3.56. The van der Waals surface area contributed by atoms with E-state index in [4.69, 9.17) is 16.3 Å². The first-order valence-corrected chi connectivity index (χ1v) is 7.76. The first kappa shape index (κ1) is 16.1. The summed E-state index contributed by atoms with van der Waals surface area (Å²) in [5.74, 6) is 1.42. The number of carbonyl (C=O) groups is 1. The number of amides is 1. The lowest BCUT2D eigenvalue weighted by atomic mass is 9.97. The molecule has 21 heavy (non-hydrogen) atoms. The molecule has 1 atom stereocenters. The highest BCUT2D eigenvalue weighted by molar-refractivity contribution is 6.31. The van der Waals surface area contributed by atoms with Crippen molar-refractivity contribution in [1.82, 2.24) is 10.2 Å². The minimum absolute atomic E-state index is 0.155. The van der Waals surface area contributed by atoms with E-state index in [1.807, 2.05) is 24.1 Å². The topological polar surface area (TPSA) is 41.6 Å². The summed E-state index contributed by atoms with van der Waals surface area (Å²) in [6.07, 6.45) is 2.62. The molecule has 0 aliphatic carbocycles. The molecule has 1 saturated heterocycles. The fourth-order valence-electron chi connectivity index (χ4n) is 2.82. The van der Waals surface area contributed by atoms with Crippen LogP contribution in [-0.4, -0.2) is 44.6 Å². The Kier molecular flexibility index (Phi) is 5.88. The maximum Gasteiger partial charge on any atom is 0.227 e. The fraction of sp³-hybridized carbons (Fsp3) is 0.562. The second-order valence-corrected chi connectivity index (χ2v) is 5.95. The van der Waals surface area contributed by atoms with Crippen LogP contribution in [0.4, 0.5) is 0 Å². The van der Waals surface area contributed by atoms with Crippen molar-refractivity contribution in [2.45, 2.75) is 19.3 Å². The van der Waals surface area contributed by atoms with Crippen LogP contribution in [0.15, 0.2) is 18.2 Å². The molecule has 1 amide bonds. The van der Waals surface area contributed by atoms with Gasteiger partial charge in [0, 0.05) is 18.1 Å². The minimum atomic E-state index is 0.155. The second-order valence-electron chi connectivity index (χ2n) is 5.54. The van der Waals surface area contributed by atoms with Crippen LogP contribution in [0.25, 0.3) is 0 Å². The first-order valence-electron chi connectivity index (χ1n) is 7.38. The van der Waals surface area contributed by atoms with Crippen LogP contribution in [0.3, 0.4) is 0 Å². The van der Waals surface area contributed by atoms with Gasteiger partial charge in [0.05, 0.1) is 13.5 Å². The molecule has 1 heterocycles. The van der Waals surface area contributed by atoms with E-state index in [0.29, 0.717) is 23.1 Å². The van der Waals surface area contributed by atoms with Crippen LogP contribution in [0, 0.1) is 5.92 Å². The number of likely N-dealkylation sites (tertiary alicyclic amines) is 1. The summed E-state index contributed by atoms with van der Waals surface area (Å²) in [6, 6.07) is 5.47. The minimum Gasteiger partial charge on any atom is -0.497 e. The number of rotatable bonds is 5. The van der Waals surface area contributed by atoms with Crippen molar-refractivity contribution >= 4 is 17.5 Å². The lowest BCUT2D eigenvalue weighted by molar-refractivity contribution is -0.132. The standard InChI is InChI=1S/C16H23ClN2O2/c1-18-10-12-4-3-7-19(11-12)16(20)8-13-5-6-14(21-2)9-15(13)17/h5-6,9,12,18H,3-4,7-8,10-11H2,1-2H3/t12-/m1/s1. The van der Waals surface area contributed by atoms with E-state index in [2.05, 4.69) is 5.32 Å². The smallest absolute Gasteiger partial charge is 0.227 e. The van der Waals surface area contributed by atoms with Crippen molar-refractivity contribution in [1.29, 1.82) is 0 Å². The predicted octanol–water partition coefficient (Wildman–Crippen LogP) is 2.35. The van der Waals surface area contributed by atoms with Gasteiger partial charge in [-0.05, 0) is 50.0 Å². The van der Waals surface area contributed by atoms with Crippen molar-refractivity contribution in [2.24, 2.45) is 5.92 Å². The van der Waals surface area contributed by atoms with E-state index >= 15 is 0 Å². The predicted molar refractivity (Wildman–Crippen MR) is 84.9 cm³/mol. The largest absolute Gasteiger partial charge is 0.497 e. The average molecular weight is 311 g/mol. The van der Waals surface area contributed by atoms with Crippen LogP contribution in [0.1, 0.15) is 18.4 Å². The Balaban J connectivity index is 1.97. The lowest BCUT2D eigenvalue weighted by Crippen LogP contribution is -2.43. The number of halogens is 1. The maximum absolute atomic E-state index is 12.4. The molecule has 1 aliphatic heterocycles. The molecule has 1 N–H and O–H groups in total. The normalized spacial score (nSPS) is 18.6. The maximum atomic E-state index is 12.4. The van der Waals surface area contributed by atoms with E-state index in [0.717, 1.165) is 31.6 Å². The fourth-order valence-corrected chi connectivity index (χ4v) is 3.06. The zero-order valence-electron chi connectivity index (χ0n) is 12.7. The molecule has 116 valence electrons. The third-order valence-corrected chi connectivity index (χ3v) is 4.32. The molecule has 2 rings (SSSR count). The van der Waals surface area contributed by atoms with Gasteiger partial charge in [-0.25, -0.2) is 0 Å². The molecule has 0 unspecified atom stereocenters. The third-order valence-electron chi connectivity index (χ3n) is 3.97. The summed E-state index contributed by atoms with van der Waals surface area (Å²) in [5, 5.41) is 3.78. The summed E-state index contributed by atoms with van der Waals surface area (Å²) in [5.41, 5.74) is 0.859. The van der Waals surface area contributed by atoms with E-state index in [9.17, 15) is 4.79 Å². The third kappa shape index (κ3) is 4.35. The van der Waals surface area contributed by atoms with Gasteiger partial charge in [-0.1, -0.05) is 17.7 Å². The molecule has 0 bridgehead atoms. The molecule has 0 radical (unpaired) electrons. The molecule has 0 saturated carbocycles. The van der Waals surface area contributed by atoms with Gasteiger partial charge in [-0.3, -0.25) is 4.79 Å². The molecule has 0 spiro atoms. The molecule has 1 aromatic rings. The molecule has 1 aromatic carbocycles. The Morgan fingerprint density at radius 1 is 1.52 bits per heavy atom. The lowest BCUT2D eigenvalue weighted by Gasteiger charge is -2.33. The molecule has 5 heteroatoms. The SMILES string of the molecule is CNC[C@H]1CCCN(C(=O)Cc2ccc(OC)cc2Cl)C1. The van der Waals surface area contributed by atoms with Gasteiger partial charge in [0.25, 0.3) is 0 Å². The number of hydrogen-bond acceptors (Lipinski definition) is 3. The molecule has 1 aliphatic rings. The quantitative estimate of drug-likeness (QED) is 0.907. The zero-order valence-corrected chi connectivity index (χ0v) is 13.4. The van der Waals surface area contributed by atoms with Crippen molar-refractivity contribution in [3.8, 4) is 5.75 Å². The van der Waals surface area contributed by atoms with Gasteiger partial charge < -0.3 is 15.0 Å². The summed E-state index contributed by atoms with van der Waals surface area (Å²) in [6.45, 7) is 2.66. The van der Waals surface area contributed by atoms with Crippen molar-refractivity contribution in [3.63, 3.8) is 0 Å². The van der Waals surface area contributed by atoms with E-state index < -0.39 is 0 Å². The molecule has 0 aromatic heterocycles. The van der Waals surface area contributed by atoms with Gasteiger partial charge in [0.15, 0.2) is 0 Å². The van der Waals surface area contributed by atoms with E-state index in [1.54, 1.807) is 13.2 Å². The van der Waals surface area contributed by atoms with Gasteiger partial charge >= 0.3 is 0 Å². The summed E-state index contributed by atoms with van der Waals surface area (Å²) >= 11 is 6.21. The van der Waals surface area contributed by atoms with Gasteiger partial charge in [-0.15, -0.1) is 0 Å². The Morgan fingerprint density at radius 2 is 2.33 bits per heavy atom. The van der Waals surface area contributed by atoms with Gasteiger partial charge in [0.1, 0.15) is 5.75 Å². The highest BCUT2D eigenvalue weighted by atomic mass is 35.5. The number of hydrogen-bond donors (Lipinski definition) is 1. The van der Waals surface area contributed by atoms with Crippen LogP contribution >= 0.6 is 11.6 Å². The van der Waals surface area contributed by atoms with Crippen LogP contribution in [0.2, 0.25) is 5.02 Å². The first-order chi connectivity index (χ1) is 10.1. The van der Waals surface area contributed by atoms with Crippen molar-refractivity contribution < 1.29 is 9.53 Å². The molecular weight excluding hydrogens is 288 g/mol. The number of piperidine rings is 1. The number of nitrogens with one attached hydrogen (secondary N) is 1. The summed E-state index contributed by atoms with van der Waals surface area (Å²) < 4.78 is 5.13. The van der Waals surface area contributed by atoms with Crippen molar-refractivity contribution in [2.75, 3.05) is 33.8 Å². The van der Waals surface area contributed by atoms with E-state index in [-0.39, 0.29) is 5.91 Å². The number of ether oxygens (including phenoxy) is 1. The highest BCUT2D eigenvalue weighted by Crippen LogP contribution is 2.24. The van der Waals surface area contributed by atoms with Gasteiger partial charge in [0.2, 0.25) is 5.91 Å². The van der Waals surface area contributed by atoms with E-state index in [1.165, 1.54) is 6.42 Å². The van der Waals surface area contributed by atoms with Gasteiger partial charge in [-0.2, -0.15) is 0 Å². The van der Waals surface area contributed by atoms with Crippen LogP contribution in [0.5, 0.6) is 5.75 Å². The monoisotopic (exact) mass is 310 g/mol.